The number of aromatic nitrogens is 2. The van der Waals surface area contributed by atoms with E-state index in [0.717, 1.165) is 47.7 Å². The molecule has 1 amide bonds. The van der Waals surface area contributed by atoms with Crippen LogP contribution in [-0.2, 0) is 17.8 Å². The molecule has 0 radical (unpaired) electrons. The molecule has 0 aliphatic carbocycles. The third-order valence-electron chi connectivity index (χ3n) is 6.25. The lowest BCUT2D eigenvalue weighted by Gasteiger charge is -2.18. The second-order valence-electron chi connectivity index (χ2n) is 8.30. The van der Waals surface area contributed by atoms with Gasteiger partial charge in [0.1, 0.15) is 11.6 Å². The number of hydrogen-bond donors (Lipinski definition) is 0. The Balaban J connectivity index is 1.39. The molecule has 162 valence electrons. The van der Waals surface area contributed by atoms with Crippen LogP contribution in [0.1, 0.15) is 30.1 Å². The van der Waals surface area contributed by atoms with Gasteiger partial charge in [-0.25, -0.2) is 4.98 Å². The van der Waals surface area contributed by atoms with Crippen LogP contribution in [0.4, 0.5) is 5.69 Å². The minimum atomic E-state index is 0.0775. The molecule has 32 heavy (non-hydrogen) atoms. The maximum atomic E-state index is 12.9. The van der Waals surface area contributed by atoms with Crippen molar-refractivity contribution in [1.82, 2.24) is 9.55 Å². The number of aryl methyl sites for hydroxylation is 2. The number of ether oxygens (including phenoxy) is 1. The smallest absolute Gasteiger partial charge is 0.227 e. The van der Waals surface area contributed by atoms with E-state index < -0.39 is 0 Å². The van der Waals surface area contributed by atoms with E-state index in [1.165, 1.54) is 5.56 Å². The zero-order valence-electron chi connectivity index (χ0n) is 18.3. The molecule has 1 atom stereocenters. The standard InChI is InChI=1S/C27H27N3O2/c1-32-23-15-13-22(14-16-23)30-19-21(18-26(30)31)27-28-24-11-5-6-12-25(24)29(27)17-7-10-20-8-3-2-4-9-20/h2-6,8-9,11-16,21H,7,10,17-19H2,1H3/t21-/m0/s1. The fourth-order valence-electron chi connectivity index (χ4n) is 4.62. The fourth-order valence-corrected chi connectivity index (χ4v) is 4.62. The van der Waals surface area contributed by atoms with E-state index in [2.05, 4.69) is 53.1 Å². The number of para-hydroxylation sites is 2. The lowest BCUT2D eigenvalue weighted by atomic mass is 10.1. The molecule has 1 saturated heterocycles. The highest BCUT2D eigenvalue weighted by Gasteiger charge is 2.34. The summed E-state index contributed by atoms with van der Waals surface area (Å²) in [6, 6.07) is 26.5. The van der Waals surface area contributed by atoms with Gasteiger partial charge < -0.3 is 14.2 Å². The number of methoxy groups -OCH3 is 1. The summed E-state index contributed by atoms with van der Waals surface area (Å²) in [5, 5.41) is 0. The third-order valence-corrected chi connectivity index (χ3v) is 6.25. The van der Waals surface area contributed by atoms with Crippen LogP contribution in [0.25, 0.3) is 11.0 Å². The summed E-state index contributed by atoms with van der Waals surface area (Å²) in [6.45, 7) is 1.53. The maximum Gasteiger partial charge on any atom is 0.227 e. The molecular weight excluding hydrogens is 398 g/mol. The number of carbonyl (C=O) groups is 1. The molecule has 5 heteroatoms. The highest BCUT2D eigenvalue weighted by atomic mass is 16.5. The van der Waals surface area contributed by atoms with E-state index in [4.69, 9.17) is 9.72 Å². The molecule has 1 aromatic heterocycles. The molecular formula is C27H27N3O2. The van der Waals surface area contributed by atoms with Crippen LogP contribution in [0.5, 0.6) is 5.75 Å². The Kier molecular flexibility index (Phi) is 5.63. The van der Waals surface area contributed by atoms with Gasteiger partial charge in [0.15, 0.2) is 0 Å². The van der Waals surface area contributed by atoms with E-state index >= 15 is 0 Å². The largest absolute Gasteiger partial charge is 0.497 e. The molecule has 4 aromatic rings. The summed E-state index contributed by atoms with van der Waals surface area (Å²) in [7, 11) is 1.65. The number of rotatable bonds is 7. The lowest BCUT2D eigenvalue weighted by molar-refractivity contribution is -0.117. The topological polar surface area (TPSA) is 47.4 Å². The Morgan fingerprint density at radius 2 is 1.72 bits per heavy atom. The molecule has 0 bridgehead atoms. The number of anilines is 1. The van der Waals surface area contributed by atoms with Crippen LogP contribution in [0.15, 0.2) is 78.9 Å². The van der Waals surface area contributed by atoms with Crippen molar-refractivity contribution in [3.63, 3.8) is 0 Å². The van der Waals surface area contributed by atoms with Crippen LogP contribution in [-0.4, -0.2) is 29.1 Å². The second kappa shape index (κ2) is 8.87. The molecule has 0 N–H and O–H groups in total. The first-order valence-corrected chi connectivity index (χ1v) is 11.2. The Labute approximate surface area is 188 Å². The van der Waals surface area contributed by atoms with Gasteiger partial charge in [0.2, 0.25) is 5.91 Å². The minimum Gasteiger partial charge on any atom is -0.497 e. The SMILES string of the molecule is COc1ccc(N2C[C@@H](c3nc4ccccc4n3CCCc3ccccc3)CC2=O)cc1. The van der Waals surface area contributed by atoms with Gasteiger partial charge in [0.05, 0.1) is 18.1 Å². The highest BCUT2D eigenvalue weighted by molar-refractivity contribution is 5.96. The zero-order chi connectivity index (χ0) is 21.9. The van der Waals surface area contributed by atoms with E-state index in [1.54, 1.807) is 7.11 Å². The first-order valence-electron chi connectivity index (χ1n) is 11.2. The predicted molar refractivity (Wildman–Crippen MR) is 127 cm³/mol. The number of hydrogen-bond acceptors (Lipinski definition) is 3. The number of benzene rings is 3. The summed E-state index contributed by atoms with van der Waals surface area (Å²) in [6.07, 6.45) is 2.53. The van der Waals surface area contributed by atoms with Crippen LogP contribution < -0.4 is 9.64 Å². The Morgan fingerprint density at radius 1 is 0.969 bits per heavy atom. The highest BCUT2D eigenvalue weighted by Crippen LogP contribution is 2.34. The third kappa shape index (κ3) is 3.98. The van der Waals surface area contributed by atoms with Crippen molar-refractivity contribution in [2.24, 2.45) is 0 Å². The molecule has 0 unspecified atom stereocenters. The number of fused-ring (bicyclic) bond motifs is 1. The van der Waals surface area contributed by atoms with E-state index in [1.807, 2.05) is 35.2 Å². The number of imidazole rings is 1. The number of amides is 1. The van der Waals surface area contributed by atoms with E-state index in [0.29, 0.717) is 13.0 Å². The number of carbonyl (C=O) groups excluding carboxylic acids is 1. The number of nitrogens with zero attached hydrogens (tertiary/aromatic N) is 3. The van der Waals surface area contributed by atoms with Crippen molar-refractivity contribution < 1.29 is 9.53 Å². The van der Waals surface area contributed by atoms with Crippen LogP contribution >= 0.6 is 0 Å². The Hall–Kier alpha value is -3.60. The zero-order valence-corrected chi connectivity index (χ0v) is 18.3. The molecule has 1 fully saturated rings. The molecule has 1 aliphatic rings. The molecule has 3 aromatic carbocycles. The normalized spacial score (nSPS) is 16.1. The molecule has 2 heterocycles. The van der Waals surface area contributed by atoms with Crippen molar-refractivity contribution in [2.45, 2.75) is 31.7 Å². The molecule has 0 saturated carbocycles. The van der Waals surface area contributed by atoms with Gasteiger partial charge in [-0.15, -0.1) is 0 Å². The summed E-state index contributed by atoms with van der Waals surface area (Å²) in [4.78, 5) is 19.7. The predicted octanol–water partition coefficient (Wildman–Crippen LogP) is 5.20. The second-order valence-corrected chi connectivity index (χ2v) is 8.30. The minimum absolute atomic E-state index is 0.0775. The Bertz CT molecular complexity index is 1210. The quantitative estimate of drug-likeness (QED) is 0.409. The summed E-state index contributed by atoms with van der Waals surface area (Å²) < 4.78 is 7.58. The van der Waals surface area contributed by atoms with Crippen LogP contribution in [0, 0.1) is 0 Å². The molecule has 5 rings (SSSR count). The maximum absolute atomic E-state index is 12.9. The van der Waals surface area contributed by atoms with Crippen molar-refractivity contribution in [3.05, 3.63) is 90.3 Å². The van der Waals surface area contributed by atoms with Crippen molar-refractivity contribution >= 4 is 22.6 Å². The van der Waals surface area contributed by atoms with Crippen LogP contribution in [0.3, 0.4) is 0 Å². The van der Waals surface area contributed by atoms with Gasteiger partial charge >= 0.3 is 0 Å². The molecule has 1 aliphatic heterocycles. The van der Waals surface area contributed by atoms with Gasteiger partial charge in [0.25, 0.3) is 0 Å². The van der Waals surface area contributed by atoms with Gasteiger partial charge in [-0.3, -0.25) is 4.79 Å². The molecule has 0 spiro atoms. The first-order chi connectivity index (χ1) is 15.7. The van der Waals surface area contributed by atoms with Crippen molar-refractivity contribution in [3.8, 4) is 5.75 Å². The van der Waals surface area contributed by atoms with Crippen molar-refractivity contribution in [2.75, 3.05) is 18.6 Å². The van der Waals surface area contributed by atoms with Gasteiger partial charge in [-0.2, -0.15) is 0 Å². The van der Waals surface area contributed by atoms with Gasteiger partial charge in [0, 0.05) is 31.1 Å². The van der Waals surface area contributed by atoms with Crippen LogP contribution in [0.2, 0.25) is 0 Å². The molecule has 5 nitrogen and oxygen atoms in total. The van der Waals surface area contributed by atoms with E-state index in [-0.39, 0.29) is 11.8 Å². The lowest BCUT2D eigenvalue weighted by Crippen LogP contribution is -2.24. The first kappa shape index (κ1) is 20.3. The summed E-state index contributed by atoms with van der Waals surface area (Å²) in [5.74, 6) is 2.03. The van der Waals surface area contributed by atoms with Gasteiger partial charge in [-0.1, -0.05) is 42.5 Å². The fraction of sp³-hybridized carbons (Fsp3) is 0.259. The Morgan fingerprint density at radius 3 is 2.50 bits per heavy atom. The summed E-state index contributed by atoms with van der Waals surface area (Å²) in [5.41, 5.74) is 4.40. The average Bonchev–Trinajstić information content (AvgIpc) is 3.40. The monoisotopic (exact) mass is 425 g/mol. The van der Waals surface area contributed by atoms with Crippen molar-refractivity contribution in [1.29, 1.82) is 0 Å². The average molecular weight is 426 g/mol. The van der Waals surface area contributed by atoms with E-state index in [9.17, 15) is 4.79 Å². The van der Waals surface area contributed by atoms with Gasteiger partial charge in [-0.05, 0) is 54.8 Å². The summed E-state index contributed by atoms with van der Waals surface area (Å²) >= 11 is 0.